The predicted molar refractivity (Wildman–Crippen MR) is 57.0 cm³/mol. The van der Waals surface area contributed by atoms with E-state index in [9.17, 15) is 9.59 Å². The lowest BCUT2D eigenvalue weighted by molar-refractivity contribution is -0.154. The highest BCUT2D eigenvalue weighted by Crippen LogP contribution is 2.40. The van der Waals surface area contributed by atoms with E-state index in [4.69, 9.17) is 5.11 Å². The van der Waals surface area contributed by atoms with E-state index >= 15 is 0 Å². The van der Waals surface area contributed by atoms with Crippen LogP contribution in [0, 0.1) is 5.41 Å². The first-order chi connectivity index (χ1) is 8.12. The number of hydrogen-bond acceptors (Lipinski definition) is 4. The van der Waals surface area contributed by atoms with Crippen molar-refractivity contribution in [2.45, 2.75) is 25.8 Å². The van der Waals surface area contributed by atoms with Gasteiger partial charge in [0.2, 0.25) is 5.91 Å². The van der Waals surface area contributed by atoms with Crippen molar-refractivity contribution in [2.75, 3.05) is 6.54 Å². The molecule has 0 aliphatic heterocycles. The molecule has 0 unspecified atom stereocenters. The van der Waals surface area contributed by atoms with E-state index in [1.165, 1.54) is 10.9 Å². The van der Waals surface area contributed by atoms with E-state index < -0.39 is 11.4 Å². The van der Waals surface area contributed by atoms with E-state index in [1.54, 1.807) is 6.20 Å². The second-order valence-electron chi connectivity index (χ2n) is 4.32. The molecule has 1 aliphatic carbocycles. The third-order valence-electron chi connectivity index (χ3n) is 3.17. The number of aliphatic carboxylic acids is 1. The molecule has 7 heteroatoms. The van der Waals surface area contributed by atoms with Crippen molar-refractivity contribution < 1.29 is 14.7 Å². The van der Waals surface area contributed by atoms with Gasteiger partial charge in [0, 0.05) is 12.7 Å². The molecule has 7 nitrogen and oxygen atoms in total. The van der Waals surface area contributed by atoms with Gasteiger partial charge in [0.05, 0.1) is 11.6 Å². The quantitative estimate of drug-likeness (QED) is 0.730. The van der Waals surface area contributed by atoms with Gasteiger partial charge < -0.3 is 10.4 Å². The molecule has 1 heterocycles. The number of hydrogen-bond donors (Lipinski definition) is 2. The molecule has 1 saturated carbocycles. The summed E-state index contributed by atoms with van der Waals surface area (Å²) in [6, 6.07) is 0. The summed E-state index contributed by atoms with van der Waals surface area (Å²) in [7, 11) is 0. The molecule has 2 rings (SSSR count). The third kappa shape index (κ3) is 2.43. The van der Waals surface area contributed by atoms with Crippen molar-refractivity contribution in [3.05, 3.63) is 12.4 Å². The Morgan fingerprint density at radius 1 is 1.47 bits per heavy atom. The Labute approximate surface area is 97.8 Å². The third-order valence-corrected chi connectivity index (χ3v) is 3.17. The summed E-state index contributed by atoms with van der Waals surface area (Å²) < 4.78 is 1.39. The van der Waals surface area contributed by atoms with E-state index in [0.717, 1.165) is 6.42 Å². The Kier molecular flexibility index (Phi) is 3.08. The average molecular weight is 238 g/mol. The fourth-order valence-corrected chi connectivity index (χ4v) is 1.86. The highest BCUT2D eigenvalue weighted by Gasteiger charge is 2.44. The maximum Gasteiger partial charge on any atom is 0.311 e. The number of carboxylic acid groups (broad SMARTS) is 1. The summed E-state index contributed by atoms with van der Waals surface area (Å²) in [6.45, 7) is 0.256. The van der Waals surface area contributed by atoms with Crippen LogP contribution in [0.5, 0.6) is 0 Å². The average Bonchev–Trinajstić information content (AvgIpc) is 2.68. The second-order valence-corrected chi connectivity index (χ2v) is 4.32. The zero-order chi connectivity index (χ0) is 12.3. The van der Waals surface area contributed by atoms with Gasteiger partial charge >= 0.3 is 5.97 Å². The van der Waals surface area contributed by atoms with Crippen LogP contribution in [0.4, 0.5) is 0 Å². The molecule has 0 atom stereocenters. The van der Waals surface area contributed by atoms with Crippen LogP contribution in [0.25, 0.3) is 0 Å². The van der Waals surface area contributed by atoms with Crippen molar-refractivity contribution >= 4 is 11.9 Å². The molecule has 1 aromatic heterocycles. The molecular formula is C10H14N4O3. The molecule has 0 saturated heterocycles. The van der Waals surface area contributed by atoms with Gasteiger partial charge in [0.15, 0.2) is 0 Å². The van der Waals surface area contributed by atoms with Crippen LogP contribution >= 0.6 is 0 Å². The van der Waals surface area contributed by atoms with Gasteiger partial charge in [0.25, 0.3) is 0 Å². The maximum absolute atomic E-state index is 11.5. The number of amides is 1. The molecule has 0 radical (unpaired) electrons. The van der Waals surface area contributed by atoms with Gasteiger partial charge in [0.1, 0.15) is 6.54 Å². The fourth-order valence-electron chi connectivity index (χ4n) is 1.86. The first kappa shape index (κ1) is 11.6. The van der Waals surface area contributed by atoms with Gasteiger partial charge in [-0.3, -0.25) is 9.59 Å². The van der Waals surface area contributed by atoms with Crippen molar-refractivity contribution in [2.24, 2.45) is 5.41 Å². The number of nitrogens with zero attached hydrogens (tertiary/aromatic N) is 3. The second kappa shape index (κ2) is 4.52. The molecule has 0 aromatic carbocycles. The van der Waals surface area contributed by atoms with Crippen LogP contribution in [-0.4, -0.2) is 38.5 Å². The SMILES string of the molecule is O=C(Cn1ccnn1)NCC1(C(=O)O)CCC1. The van der Waals surface area contributed by atoms with Crippen LogP contribution in [0.2, 0.25) is 0 Å². The molecule has 92 valence electrons. The minimum Gasteiger partial charge on any atom is -0.481 e. The van der Waals surface area contributed by atoms with Crippen molar-refractivity contribution in [3.63, 3.8) is 0 Å². The molecular weight excluding hydrogens is 224 g/mol. The van der Waals surface area contributed by atoms with Crippen molar-refractivity contribution in [1.82, 2.24) is 20.3 Å². The van der Waals surface area contributed by atoms with E-state index in [0.29, 0.717) is 12.8 Å². The largest absolute Gasteiger partial charge is 0.481 e. The summed E-state index contributed by atoms with van der Waals surface area (Å²) in [5.74, 6) is -1.08. The smallest absolute Gasteiger partial charge is 0.311 e. The Bertz CT molecular complexity index is 411. The van der Waals surface area contributed by atoms with Crippen LogP contribution in [0.15, 0.2) is 12.4 Å². The van der Waals surface area contributed by atoms with Crippen molar-refractivity contribution in [3.8, 4) is 0 Å². The zero-order valence-electron chi connectivity index (χ0n) is 9.30. The molecule has 1 fully saturated rings. The van der Waals surface area contributed by atoms with Crippen LogP contribution in [-0.2, 0) is 16.1 Å². The lowest BCUT2D eigenvalue weighted by Gasteiger charge is -2.37. The molecule has 2 N–H and O–H groups in total. The highest BCUT2D eigenvalue weighted by atomic mass is 16.4. The first-order valence-corrected chi connectivity index (χ1v) is 5.47. The minimum atomic E-state index is -0.829. The Morgan fingerprint density at radius 2 is 2.24 bits per heavy atom. The number of carbonyl (C=O) groups is 2. The van der Waals surface area contributed by atoms with E-state index in [2.05, 4.69) is 15.6 Å². The van der Waals surface area contributed by atoms with E-state index in [-0.39, 0.29) is 19.0 Å². The Morgan fingerprint density at radius 3 is 2.71 bits per heavy atom. The first-order valence-electron chi connectivity index (χ1n) is 5.47. The van der Waals surface area contributed by atoms with Gasteiger partial charge in [-0.1, -0.05) is 11.6 Å². The Balaban J connectivity index is 1.82. The van der Waals surface area contributed by atoms with Crippen LogP contribution in [0.3, 0.4) is 0 Å². The summed E-state index contributed by atoms with van der Waals surface area (Å²) >= 11 is 0. The Hall–Kier alpha value is -1.92. The zero-order valence-corrected chi connectivity index (χ0v) is 9.30. The van der Waals surface area contributed by atoms with Gasteiger partial charge in [-0.05, 0) is 12.8 Å². The molecule has 1 aliphatic rings. The number of aromatic nitrogens is 3. The lowest BCUT2D eigenvalue weighted by atomic mass is 9.69. The standard InChI is InChI=1S/C10H14N4O3/c15-8(6-14-5-4-12-13-14)11-7-10(9(16)17)2-1-3-10/h4-5H,1-3,6-7H2,(H,11,15)(H,16,17). The molecule has 0 spiro atoms. The number of carboxylic acids is 1. The maximum atomic E-state index is 11.5. The number of rotatable bonds is 5. The number of nitrogens with one attached hydrogen (secondary N) is 1. The monoisotopic (exact) mass is 238 g/mol. The molecule has 0 bridgehead atoms. The summed E-state index contributed by atoms with van der Waals surface area (Å²) in [4.78, 5) is 22.6. The predicted octanol–water partition coefficient (Wildman–Crippen LogP) is -0.351. The van der Waals surface area contributed by atoms with Gasteiger partial charge in [-0.25, -0.2) is 4.68 Å². The molecule has 1 aromatic rings. The normalized spacial score (nSPS) is 17.2. The van der Waals surface area contributed by atoms with Crippen LogP contribution < -0.4 is 5.32 Å². The fraction of sp³-hybridized carbons (Fsp3) is 0.600. The summed E-state index contributed by atoms with van der Waals surface area (Å²) in [5, 5.41) is 18.9. The van der Waals surface area contributed by atoms with E-state index in [1.807, 2.05) is 0 Å². The van der Waals surface area contributed by atoms with Crippen molar-refractivity contribution in [1.29, 1.82) is 0 Å². The highest BCUT2D eigenvalue weighted by molar-refractivity contribution is 5.79. The van der Waals surface area contributed by atoms with Gasteiger partial charge in [-0.15, -0.1) is 5.10 Å². The molecule has 17 heavy (non-hydrogen) atoms. The minimum absolute atomic E-state index is 0.0652. The number of carbonyl (C=O) groups excluding carboxylic acids is 1. The molecule has 1 amide bonds. The summed E-state index contributed by atoms with van der Waals surface area (Å²) in [6.07, 6.45) is 5.23. The lowest BCUT2D eigenvalue weighted by Crippen LogP contribution is -2.48. The topological polar surface area (TPSA) is 97.1 Å². The summed E-state index contributed by atoms with van der Waals surface area (Å²) in [5.41, 5.74) is -0.752. The van der Waals surface area contributed by atoms with Crippen LogP contribution in [0.1, 0.15) is 19.3 Å². The van der Waals surface area contributed by atoms with Gasteiger partial charge in [-0.2, -0.15) is 0 Å².